The Labute approximate surface area is 87.1 Å². The average Bonchev–Trinajstić information content (AvgIpc) is 2.38. The van der Waals surface area contributed by atoms with Crippen LogP contribution < -0.4 is 5.32 Å². The second-order valence-electron chi connectivity index (χ2n) is 3.86. The number of aliphatic hydroxyl groups is 1. The lowest BCUT2D eigenvalue weighted by Crippen LogP contribution is -2.51. The monoisotopic (exact) mass is 208 g/mol. The molecule has 1 fully saturated rings. The zero-order valence-electron chi connectivity index (χ0n) is 8.52. The molecule has 2 N–H and O–H groups in total. The predicted molar refractivity (Wildman–Crippen MR) is 51.8 cm³/mol. The van der Waals surface area contributed by atoms with Gasteiger partial charge in [0.2, 0.25) is 0 Å². The number of nitrogens with zero attached hydrogens (tertiary/aromatic N) is 1. The molecule has 0 aliphatic carbocycles. The van der Waals surface area contributed by atoms with Crippen molar-refractivity contribution in [3.05, 3.63) is 30.1 Å². The van der Waals surface area contributed by atoms with Gasteiger partial charge in [-0.3, -0.25) is 10.3 Å². The normalized spacial score (nSPS) is 34.7. The summed E-state index contributed by atoms with van der Waals surface area (Å²) in [6.45, 7) is 3.13. The molecule has 1 amide bonds. The largest absolute Gasteiger partial charge is 0.433 e. The molecule has 0 spiro atoms. The van der Waals surface area contributed by atoms with E-state index in [1.807, 2.05) is 0 Å². The molecule has 1 aliphatic heterocycles. The van der Waals surface area contributed by atoms with E-state index in [9.17, 15) is 9.90 Å². The van der Waals surface area contributed by atoms with Crippen molar-refractivity contribution in [1.29, 1.82) is 0 Å². The van der Waals surface area contributed by atoms with Crippen molar-refractivity contribution < 1.29 is 14.6 Å². The summed E-state index contributed by atoms with van der Waals surface area (Å²) in [6.07, 6.45) is 2.55. The number of carbonyl (C=O) groups is 1. The van der Waals surface area contributed by atoms with Gasteiger partial charge in [-0.15, -0.1) is 0 Å². The summed E-state index contributed by atoms with van der Waals surface area (Å²) in [5.74, 6) is 0. The van der Waals surface area contributed by atoms with Crippen molar-refractivity contribution in [2.75, 3.05) is 0 Å². The summed E-state index contributed by atoms with van der Waals surface area (Å²) in [6, 6.07) is 3.48. The molecule has 5 nitrogen and oxygen atoms in total. The number of alkyl carbamates (subject to hydrolysis) is 1. The van der Waals surface area contributed by atoms with Crippen LogP contribution in [-0.2, 0) is 10.3 Å². The summed E-state index contributed by atoms with van der Waals surface area (Å²) in [7, 11) is 0. The maximum absolute atomic E-state index is 11.1. The Hall–Kier alpha value is -1.62. The second kappa shape index (κ2) is 2.93. The number of carbonyl (C=O) groups excluding carboxylic acids is 1. The van der Waals surface area contributed by atoms with Crippen LogP contribution in [0.3, 0.4) is 0 Å². The lowest BCUT2D eigenvalue weighted by molar-refractivity contribution is -0.0990. The van der Waals surface area contributed by atoms with E-state index in [1.54, 1.807) is 31.5 Å². The average molecular weight is 208 g/mol. The quantitative estimate of drug-likeness (QED) is 0.714. The number of cyclic esters (lactones) is 1. The summed E-state index contributed by atoms with van der Waals surface area (Å²) in [4.78, 5) is 15.1. The number of hydrogen-bond donors (Lipinski definition) is 2. The molecule has 15 heavy (non-hydrogen) atoms. The molecule has 2 atom stereocenters. The second-order valence-corrected chi connectivity index (χ2v) is 3.86. The van der Waals surface area contributed by atoms with Gasteiger partial charge in [-0.2, -0.15) is 0 Å². The fourth-order valence-corrected chi connectivity index (χ4v) is 1.61. The number of amides is 1. The van der Waals surface area contributed by atoms with Crippen LogP contribution in [0, 0.1) is 0 Å². The first kappa shape index (κ1) is 9.92. The highest BCUT2D eigenvalue weighted by Crippen LogP contribution is 2.38. The van der Waals surface area contributed by atoms with E-state index in [-0.39, 0.29) is 0 Å². The third-order valence-corrected chi connectivity index (χ3v) is 2.78. The SMILES string of the molecule is C[C@]1(O)NC(=O)O[C@@]1(C)c1cccnc1. The fourth-order valence-electron chi connectivity index (χ4n) is 1.61. The van der Waals surface area contributed by atoms with Crippen LogP contribution in [0.4, 0.5) is 4.79 Å². The third-order valence-electron chi connectivity index (χ3n) is 2.78. The summed E-state index contributed by atoms with van der Waals surface area (Å²) < 4.78 is 5.11. The Morgan fingerprint density at radius 2 is 2.27 bits per heavy atom. The Balaban J connectivity index is 2.47. The van der Waals surface area contributed by atoms with E-state index in [4.69, 9.17) is 4.74 Å². The van der Waals surface area contributed by atoms with E-state index in [0.29, 0.717) is 5.56 Å². The molecule has 1 aromatic heterocycles. The number of pyridine rings is 1. The molecular formula is C10H12N2O3. The van der Waals surface area contributed by atoms with E-state index in [2.05, 4.69) is 10.3 Å². The zero-order valence-corrected chi connectivity index (χ0v) is 8.52. The maximum atomic E-state index is 11.1. The Kier molecular flexibility index (Phi) is 1.94. The molecule has 0 saturated carbocycles. The van der Waals surface area contributed by atoms with Gasteiger partial charge in [0.1, 0.15) is 0 Å². The molecule has 1 aromatic rings. The smallest absolute Gasteiger partial charge is 0.410 e. The predicted octanol–water partition coefficient (Wildman–Crippen LogP) is 0.745. The standard InChI is InChI=1S/C10H12N2O3/c1-9(7-4-3-5-11-6-7)10(2,14)12-8(13)15-9/h3-6,14H,1-2H3,(H,12,13)/t9-,10+/m0/s1. The lowest BCUT2D eigenvalue weighted by Gasteiger charge is -2.32. The van der Waals surface area contributed by atoms with Crippen LogP contribution in [0.2, 0.25) is 0 Å². The third kappa shape index (κ3) is 1.35. The fraction of sp³-hybridized carbons (Fsp3) is 0.400. The van der Waals surface area contributed by atoms with Gasteiger partial charge in [-0.1, -0.05) is 6.07 Å². The van der Waals surface area contributed by atoms with E-state index < -0.39 is 17.4 Å². The van der Waals surface area contributed by atoms with Crippen molar-refractivity contribution in [3.8, 4) is 0 Å². The number of rotatable bonds is 1. The van der Waals surface area contributed by atoms with Gasteiger partial charge in [0.05, 0.1) is 0 Å². The number of ether oxygens (including phenoxy) is 1. The van der Waals surface area contributed by atoms with Gasteiger partial charge in [0.15, 0.2) is 11.3 Å². The molecule has 1 saturated heterocycles. The van der Waals surface area contributed by atoms with E-state index in [0.717, 1.165) is 0 Å². The highest BCUT2D eigenvalue weighted by Gasteiger charge is 2.55. The van der Waals surface area contributed by atoms with Gasteiger partial charge >= 0.3 is 6.09 Å². The molecule has 0 bridgehead atoms. The summed E-state index contributed by atoms with van der Waals surface area (Å²) in [5, 5.41) is 12.4. The Bertz CT molecular complexity index is 391. The highest BCUT2D eigenvalue weighted by atomic mass is 16.6. The van der Waals surface area contributed by atoms with Crippen LogP contribution in [-0.4, -0.2) is 21.9 Å². The van der Waals surface area contributed by atoms with Crippen molar-refractivity contribution >= 4 is 6.09 Å². The first-order valence-electron chi connectivity index (χ1n) is 4.60. The molecule has 1 aliphatic rings. The Morgan fingerprint density at radius 1 is 1.53 bits per heavy atom. The van der Waals surface area contributed by atoms with Crippen LogP contribution in [0.15, 0.2) is 24.5 Å². The minimum Gasteiger partial charge on any atom is -0.433 e. The molecule has 80 valence electrons. The first-order valence-corrected chi connectivity index (χ1v) is 4.60. The summed E-state index contributed by atoms with van der Waals surface area (Å²) >= 11 is 0. The van der Waals surface area contributed by atoms with Crippen molar-refractivity contribution in [1.82, 2.24) is 10.3 Å². The van der Waals surface area contributed by atoms with Gasteiger partial charge < -0.3 is 9.84 Å². The van der Waals surface area contributed by atoms with Gasteiger partial charge in [0.25, 0.3) is 0 Å². The number of nitrogens with one attached hydrogen (secondary N) is 1. The molecule has 0 unspecified atom stereocenters. The number of hydrogen-bond acceptors (Lipinski definition) is 4. The van der Waals surface area contributed by atoms with Crippen molar-refractivity contribution in [3.63, 3.8) is 0 Å². The van der Waals surface area contributed by atoms with Crippen molar-refractivity contribution in [2.24, 2.45) is 0 Å². The first-order chi connectivity index (χ1) is 6.96. The minimum absolute atomic E-state index is 0.633. The van der Waals surface area contributed by atoms with Gasteiger partial charge in [-0.05, 0) is 19.9 Å². The lowest BCUT2D eigenvalue weighted by atomic mass is 9.88. The van der Waals surface area contributed by atoms with Crippen LogP contribution in [0.5, 0.6) is 0 Å². The van der Waals surface area contributed by atoms with Gasteiger partial charge in [-0.25, -0.2) is 4.79 Å². The number of aromatic nitrogens is 1. The molecule has 2 rings (SSSR count). The molecular weight excluding hydrogens is 196 g/mol. The molecule has 0 aromatic carbocycles. The topological polar surface area (TPSA) is 71.5 Å². The highest BCUT2D eigenvalue weighted by molar-refractivity contribution is 5.72. The molecule has 0 radical (unpaired) electrons. The van der Waals surface area contributed by atoms with Crippen LogP contribution >= 0.6 is 0 Å². The van der Waals surface area contributed by atoms with E-state index in [1.165, 1.54) is 6.92 Å². The molecule has 2 heterocycles. The molecule has 5 heteroatoms. The Morgan fingerprint density at radius 3 is 2.73 bits per heavy atom. The van der Waals surface area contributed by atoms with E-state index >= 15 is 0 Å². The van der Waals surface area contributed by atoms with Crippen LogP contribution in [0.1, 0.15) is 19.4 Å². The maximum Gasteiger partial charge on any atom is 0.410 e. The van der Waals surface area contributed by atoms with Crippen molar-refractivity contribution in [2.45, 2.75) is 25.2 Å². The zero-order chi connectivity index (χ0) is 11.1. The van der Waals surface area contributed by atoms with Gasteiger partial charge in [0, 0.05) is 18.0 Å². The van der Waals surface area contributed by atoms with Crippen LogP contribution in [0.25, 0.3) is 0 Å². The summed E-state index contributed by atoms with van der Waals surface area (Å²) in [5.41, 5.74) is -1.90. The minimum atomic E-state index is -1.44.